The molecule has 0 aromatic heterocycles. The van der Waals surface area contributed by atoms with Crippen molar-refractivity contribution in [3.8, 4) is 0 Å². The molecule has 1 heterocycles. The van der Waals surface area contributed by atoms with Gasteiger partial charge < -0.3 is 34.5 Å². The Morgan fingerprint density at radius 3 is 1.54 bits per heavy atom. The monoisotopic (exact) mass is 956 g/mol. The molecular formula is C59H89NO9. The van der Waals surface area contributed by atoms with Gasteiger partial charge in [0, 0.05) is 12.8 Å². The van der Waals surface area contributed by atoms with Crippen LogP contribution in [0.4, 0.5) is 0 Å². The molecule has 0 saturated carbocycles. The standard InChI is InChI=1S/C59H89NO9/c1-2-3-4-5-6-7-12-17-31-42-51(67-54(63)43-32-18-13-8-10-15-23-34-48-36-25-20-26-37-48)45-53(62)60-56-58(57(65)52(46-61)68-59(56)66-47-50-40-29-22-30-41-50)69-55(64)44-33-19-14-9-11-16-24-35-49-38-27-21-28-39-49/h20-22,25-30,36-41,51-52,56-59,61,65H,2-19,23-24,31-35,42-47H2,1H3,(H,60,62)/t51?,52-,56-,57-,58-,59-/m1/s1. The van der Waals surface area contributed by atoms with E-state index < -0.39 is 55.2 Å². The Kier molecular flexibility index (Phi) is 30.7. The number of benzene rings is 3. The molecule has 1 aliphatic heterocycles. The van der Waals surface area contributed by atoms with Crippen LogP contribution in [0.3, 0.4) is 0 Å². The Morgan fingerprint density at radius 2 is 1.03 bits per heavy atom. The number of nitrogens with one attached hydrogen (secondary N) is 1. The number of unbranched alkanes of at least 4 members (excludes halogenated alkanes) is 20. The highest BCUT2D eigenvalue weighted by atomic mass is 16.7. The molecule has 69 heavy (non-hydrogen) atoms. The van der Waals surface area contributed by atoms with Gasteiger partial charge in [0.25, 0.3) is 0 Å². The third-order valence-corrected chi connectivity index (χ3v) is 13.4. The van der Waals surface area contributed by atoms with E-state index in [0.717, 1.165) is 95.5 Å². The first kappa shape index (κ1) is 57.5. The first-order chi connectivity index (χ1) is 33.9. The average molecular weight is 956 g/mol. The number of amides is 1. The second-order valence-electron chi connectivity index (χ2n) is 19.4. The van der Waals surface area contributed by atoms with E-state index in [-0.39, 0.29) is 25.4 Å². The van der Waals surface area contributed by atoms with Gasteiger partial charge in [0.2, 0.25) is 5.91 Å². The van der Waals surface area contributed by atoms with Crippen molar-refractivity contribution >= 4 is 17.8 Å². The fraction of sp³-hybridized carbons (Fsp3) is 0.644. The van der Waals surface area contributed by atoms with Crippen molar-refractivity contribution in [3.63, 3.8) is 0 Å². The molecule has 1 aliphatic rings. The lowest BCUT2D eigenvalue weighted by molar-refractivity contribution is -0.276. The van der Waals surface area contributed by atoms with Gasteiger partial charge in [-0.05, 0) is 68.1 Å². The smallest absolute Gasteiger partial charge is 0.306 e. The fourth-order valence-corrected chi connectivity index (χ4v) is 9.30. The topological polar surface area (TPSA) is 141 Å². The fourth-order valence-electron chi connectivity index (χ4n) is 9.30. The molecule has 3 aromatic carbocycles. The van der Waals surface area contributed by atoms with Crippen LogP contribution in [0.15, 0.2) is 91.0 Å². The van der Waals surface area contributed by atoms with Crippen molar-refractivity contribution in [3.05, 3.63) is 108 Å². The lowest BCUT2D eigenvalue weighted by Gasteiger charge is -2.43. The Hall–Kier alpha value is -4.09. The summed E-state index contributed by atoms with van der Waals surface area (Å²) < 4.78 is 24.3. The van der Waals surface area contributed by atoms with E-state index in [1.807, 2.05) is 36.4 Å². The van der Waals surface area contributed by atoms with Gasteiger partial charge in [-0.2, -0.15) is 0 Å². The van der Waals surface area contributed by atoms with Crippen LogP contribution >= 0.6 is 0 Å². The minimum atomic E-state index is -1.43. The minimum absolute atomic E-state index is 0.0971. The van der Waals surface area contributed by atoms with Crippen molar-refractivity contribution in [2.45, 2.75) is 236 Å². The van der Waals surface area contributed by atoms with Gasteiger partial charge >= 0.3 is 11.9 Å². The van der Waals surface area contributed by atoms with Gasteiger partial charge in [-0.15, -0.1) is 0 Å². The van der Waals surface area contributed by atoms with Crippen LogP contribution in [0.25, 0.3) is 0 Å². The van der Waals surface area contributed by atoms with Crippen molar-refractivity contribution < 1.29 is 43.5 Å². The van der Waals surface area contributed by atoms with Gasteiger partial charge in [0.05, 0.1) is 19.6 Å². The van der Waals surface area contributed by atoms with Crippen LogP contribution in [0, 0.1) is 0 Å². The summed E-state index contributed by atoms with van der Waals surface area (Å²) in [6.07, 6.45) is 22.4. The van der Waals surface area contributed by atoms with Gasteiger partial charge in [0.1, 0.15) is 24.4 Å². The second kappa shape index (κ2) is 36.8. The molecular weight excluding hydrogens is 867 g/mol. The highest BCUT2D eigenvalue weighted by molar-refractivity contribution is 5.78. The number of aryl methyl sites for hydroxylation is 2. The zero-order chi connectivity index (χ0) is 49.0. The summed E-state index contributed by atoms with van der Waals surface area (Å²) in [4.78, 5) is 40.8. The maximum atomic E-state index is 14.1. The van der Waals surface area contributed by atoms with Gasteiger partial charge in [0.15, 0.2) is 12.4 Å². The third kappa shape index (κ3) is 25.6. The zero-order valence-corrected chi connectivity index (χ0v) is 42.3. The molecule has 4 rings (SSSR count). The van der Waals surface area contributed by atoms with Crippen molar-refractivity contribution in [1.29, 1.82) is 0 Å². The number of aliphatic hydroxyl groups excluding tert-OH is 2. The number of hydrogen-bond donors (Lipinski definition) is 3. The van der Waals surface area contributed by atoms with E-state index in [9.17, 15) is 24.6 Å². The van der Waals surface area contributed by atoms with Crippen LogP contribution in [0.2, 0.25) is 0 Å². The third-order valence-electron chi connectivity index (χ3n) is 13.4. The number of carbonyl (C=O) groups excluding carboxylic acids is 3. The number of hydrogen-bond acceptors (Lipinski definition) is 9. The molecule has 1 saturated heterocycles. The summed E-state index contributed by atoms with van der Waals surface area (Å²) in [5.41, 5.74) is 3.61. The number of ether oxygens (including phenoxy) is 4. The number of carbonyl (C=O) groups is 3. The van der Waals surface area contributed by atoms with E-state index in [2.05, 4.69) is 66.8 Å². The molecule has 10 nitrogen and oxygen atoms in total. The molecule has 6 atom stereocenters. The predicted molar refractivity (Wildman–Crippen MR) is 275 cm³/mol. The van der Waals surface area contributed by atoms with Crippen LogP contribution in [-0.4, -0.2) is 71.4 Å². The van der Waals surface area contributed by atoms with Gasteiger partial charge in [-0.25, -0.2) is 0 Å². The van der Waals surface area contributed by atoms with Crippen LogP contribution in [0.5, 0.6) is 0 Å². The minimum Gasteiger partial charge on any atom is -0.462 e. The molecule has 10 heteroatoms. The van der Waals surface area contributed by atoms with Gasteiger partial charge in [-0.1, -0.05) is 213 Å². The summed E-state index contributed by atoms with van der Waals surface area (Å²) in [6.45, 7) is 1.80. The van der Waals surface area contributed by atoms with E-state index in [1.165, 1.54) is 75.3 Å². The van der Waals surface area contributed by atoms with E-state index in [0.29, 0.717) is 19.3 Å². The maximum Gasteiger partial charge on any atom is 0.306 e. The quantitative estimate of drug-likeness (QED) is 0.0376. The SMILES string of the molecule is CCCCCCCCCCCC(CC(=O)N[C@H]1[C@H](OCc2ccccc2)O[C@H](CO)[C@@H](O)[C@@H]1OC(=O)CCCCCCCCCc1ccccc1)OC(=O)CCCCCCCCCc1ccccc1. The highest BCUT2D eigenvalue weighted by Gasteiger charge is 2.48. The Morgan fingerprint density at radius 1 is 0.580 bits per heavy atom. The number of rotatable bonds is 39. The molecule has 1 unspecified atom stereocenters. The summed E-state index contributed by atoms with van der Waals surface area (Å²) in [6, 6.07) is 29.5. The average Bonchev–Trinajstić information content (AvgIpc) is 3.36. The molecule has 1 amide bonds. The Bertz CT molecular complexity index is 1740. The normalized spacial score (nSPS) is 18.4. The summed E-state index contributed by atoms with van der Waals surface area (Å²) in [5.74, 6) is -1.23. The lowest BCUT2D eigenvalue weighted by atomic mass is 9.96. The molecule has 0 radical (unpaired) electrons. The number of esters is 2. The Labute approximate surface area is 416 Å². The molecule has 0 bridgehead atoms. The molecule has 0 aliphatic carbocycles. The second-order valence-corrected chi connectivity index (χ2v) is 19.4. The van der Waals surface area contributed by atoms with Crippen molar-refractivity contribution in [2.24, 2.45) is 0 Å². The maximum absolute atomic E-state index is 14.1. The van der Waals surface area contributed by atoms with Crippen LogP contribution in [0.1, 0.15) is 197 Å². The largest absolute Gasteiger partial charge is 0.462 e. The molecule has 384 valence electrons. The van der Waals surface area contributed by atoms with E-state index >= 15 is 0 Å². The highest BCUT2D eigenvalue weighted by Crippen LogP contribution is 2.27. The van der Waals surface area contributed by atoms with E-state index in [1.54, 1.807) is 0 Å². The summed E-state index contributed by atoms with van der Waals surface area (Å²) in [5, 5.41) is 24.7. The van der Waals surface area contributed by atoms with Crippen LogP contribution in [-0.2, 0) is 52.8 Å². The predicted octanol–water partition coefficient (Wildman–Crippen LogP) is 12.6. The summed E-state index contributed by atoms with van der Waals surface area (Å²) in [7, 11) is 0. The van der Waals surface area contributed by atoms with Crippen molar-refractivity contribution in [1.82, 2.24) is 5.32 Å². The van der Waals surface area contributed by atoms with Crippen molar-refractivity contribution in [2.75, 3.05) is 6.61 Å². The van der Waals surface area contributed by atoms with Gasteiger partial charge in [-0.3, -0.25) is 14.4 Å². The first-order valence-electron chi connectivity index (χ1n) is 27.2. The number of aliphatic hydroxyl groups is 2. The summed E-state index contributed by atoms with van der Waals surface area (Å²) >= 11 is 0. The molecule has 1 fully saturated rings. The molecule has 3 aromatic rings. The molecule has 0 spiro atoms. The molecule has 3 N–H and O–H groups in total. The lowest BCUT2D eigenvalue weighted by Crippen LogP contribution is -2.66. The van der Waals surface area contributed by atoms with E-state index in [4.69, 9.17) is 18.9 Å². The van der Waals surface area contributed by atoms with Crippen LogP contribution < -0.4 is 5.32 Å². The zero-order valence-electron chi connectivity index (χ0n) is 42.3. The first-order valence-corrected chi connectivity index (χ1v) is 27.2. The Balaban J connectivity index is 1.30.